The molecule has 0 fully saturated rings. The Morgan fingerprint density at radius 2 is 1.75 bits per heavy atom. The lowest BCUT2D eigenvalue weighted by atomic mass is 10.1. The van der Waals surface area contributed by atoms with Crippen LogP contribution in [-0.2, 0) is 0 Å². The summed E-state index contributed by atoms with van der Waals surface area (Å²) in [5.74, 6) is 5.04. The minimum absolute atomic E-state index is 0.150. The number of hydrazine groups is 1. The van der Waals surface area contributed by atoms with E-state index < -0.39 is 18.0 Å². The van der Waals surface area contributed by atoms with Crippen molar-refractivity contribution in [1.29, 1.82) is 0 Å². The molecule has 8 heteroatoms. The molecule has 1 unspecified atom stereocenters. The van der Waals surface area contributed by atoms with Gasteiger partial charge in [-0.25, -0.2) is 15.6 Å². The highest BCUT2D eigenvalue weighted by Crippen LogP contribution is 2.24. The molecule has 1 atom stereocenters. The predicted octanol–water partition coefficient (Wildman–Crippen LogP) is 1.29. The molecule has 2 amide bonds. The van der Waals surface area contributed by atoms with Crippen LogP contribution in [0.1, 0.15) is 22.0 Å². The van der Waals surface area contributed by atoms with Crippen molar-refractivity contribution in [3.8, 4) is 0 Å². The molecule has 0 spiro atoms. The molecule has 8 nitrogen and oxygen atoms in total. The number of aliphatic hydroxyl groups is 1. The van der Waals surface area contributed by atoms with Crippen LogP contribution >= 0.6 is 0 Å². The van der Waals surface area contributed by atoms with E-state index in [0.29, 0.717) is 16.1 Å². The van der Waals surface area contributed by atoms with Crippen LogP contribution in [0, 0.1) is 0 Å². The maximum absolute atomic E-state index is 12.3. The molecule has 0 heterocycles. The molecular weight excluding hydrogens is 312 g/mol. The second-order valence-electron chi connectivity index (χ2n) is 5.03. The Labute approximate surface area is 138 Å². The lowest BCUT2D eigenvalue weighted by Gasteiger charge is -2.17. The standard InChI is InChI=1S/C16H18N4O4/c17-12(9-21)10-5-7-11(8-6-10)15(22)19-13-3-1-2-4-14(13)20(18)16(23)24/h1-8,12,21H,9,17-18H2,(H,19,22)(H,23,24). The third kappa shape index (κ3) is 3.87. The van der Waals surface area contributed by atoms with Gasteiger partial charge in [0.15, 0.2) is 0 Å². The first kappa shape index (κ1) is 17.4. The summed E-state index contributed by atoms with van der Waals surface area (Å²) in [5, 5.41) is 21.1. The van der Waals surface area contributed by atoms with E-state index in [9.17, 15) is 9.59 Å². The van der Waals surface area contributed by atoms with Gasteiger partial charge in [-0.3, -0.25) is 4.79 Å². The lowest BCUT2D eigenvalue weighted by molar-refractivity contribution is 0.102. The van der Waals surface area contributed by atoms with Crippen LogP contribution in [0.15, 0.2) is 48.5 Å². The Morgan fingerprint density at radius 3 is 2.33 bits per heavy atom. The number of anilines is 2. The van der Waals surface area contributed by atoms with Crippen LogP contribution in [0.3, 0.4) is 0 Å². The van der Waals surface area contributed by atoms with Crippen LogP contribution < -0.4 is 21.9 Å². The number of amides is 2. The van der Waals surface area contributed by atoms with Crippen molar-refractivity contribution in [2.24, 2.45) is 11.6 Å². The Balaban J connectivity index is 2.20. The number of carboxylic acid groups (broad SMARTS) is 1. The van der Waals surface area contributed by atoms with E-state index in [0.717, 1.165) is 0 Å². The first-order valence-electron chi connectivity index (χ1n) is 7.08. The highest BCUT2D eigenvalue weighted by atomic mass is 16.4. The van der Waals surface area contributed by atoms with Crippen molar-refractivity contribution in [1.82, 2.24) is 0 Å². The van der Waals surface area contributed by atoms with Crippen molar-refractivity contribution >= 4 is 23.4 Å². The minimum atomic E-state index is -1.35. The highest BCUT2D eigenvalue weighted by molar-refractivity contribution is 6.06. The minimum Gasteiger partial charge on any atom is -0.464 e. The normalized spacial score (nSPS) is 11.6. The first-order valence-corrected chi connectivity index (χ1v) is 7.08. The van der Waals surface area contributed by atoms with Gasteiger partial charge in [0.2, 0.25) is 0 Å². The van der Waals surface area contributed by atoms with Gasteiger partial charge in [0.05, 0.1) is 24.0 Å². The van der Waals surface area contributed by atoms with Crippen molar-refractivity contribution in [3.05, 3.63) is 59.7 Å². The summed E-state index contributed by atoms with van der Waals surface area (Å²) >= 11 is 0. The molecule has 2 rings (SSSR count). The van der Waals surface area contributed by atoms with Crippen LogP contribution in [0.4, 0.5) is 16.2 Å². The van der Waals surface area contributed by atoms with Gasteiger partial charge in [-0.05, 0) is 29.8 Å². The number of aliphatic hydroxyl groups excluding tert-OH is 1. The number of benzene rings is 2. The molecule has 0 saturated carbocycles. The molecule has 0 aliphatic carbocycles. The maximum Gasteiger partial charge on any atom is 0.426 e. The van der Waals surface area contributed by atoms with Crippen molar-refractivity contribution < 1.29 is 19.8 Å². The van der Waals surface area contributed by atoms with Crippen LogP contribution in [-0.4, -0.2) is 28.8 Å². The topological polar surface area (TPSA) is 142 Å². The molecule has 0 saturated heterocycles. The number of rotatable bonds is 5. The highest BCUT2D eigenvalue weighted by Gasteiger charge is 2.16. The van der Waals surface area contributed by atoms with Gasteiger partial charge in [-0.2, -0.15) is 0 Å². The molecule has 24 heavy (non-hydrogen) atoms. The van der Waals surface area contributed by atoms with E-state index in [1.807, 2.05) is 0 Å². The average molecular weight is 330 g/mol. The largest absolute Gasteiger partial charge is 0.464 e. The van der Waals surface area contributed by atoms with Crippen LogP contribution in [0.25, 0.3) is 0 Å². The summed E-state index contributed by atoms with van der Waals surface area (Å²) in [6, 6.07) is 12.2. The Bertz CT molecular complexity index is 733. The summed E-state index contributed by atoms with van der Waals surface area (Å²) < 4.78 is 0. The smallest absolute Gasteiger partial charge is 0.426 e. The zero-order valence-corrected chi connectivity index (χ0v) is 12.7. The van der Waals surface area contributed by atoms with E-state index in [-0.39, 0.29) is 18.0 Å². The van der Waals surface area contributed by atoms with E-state index >= 15 is 0 Å². The van der Waals surface area contributed by atoms with Gasteiger partial charge in [-0.15, -0.1) is 0 Å². The number of nitrogens with one attached hydrogen (secondary N) is 1. The molecule has 2 aromatic rings. The summed E-state index contributed by atoms with van der Waals surface area (Å²) in [5.41, 5.74) is 7.18. The lowest BCUT2D eigenvalue weighted by Crippen LogP contribution is -2.36. The van der Waals surface area contributed by atoms with Crippen LogP contribution in [0.5, 0.6) is 0 Å². The monoisotopic (exact) mass is 330 g/mol. The zero-order valence-electron chi connectivity index (χ0n) is 12.7. The fourth-order valence-electron chi connectivity index (χ4n) is 2.07. The summed E-state index contributed by atoms with van der Waals surface area (Å²) in [6.45, 7) is -0.194. The van der Waals surface area contributed by atoms with Crippen molar-refractivity contribution in [3.63, 3.8) is 0 Å². The zero-order chi connectivity index (χ0) is 17.7. The third-order valence-electron chi connectivity index (χ3n) is 3.42. The van der Waals surface area contributed by atoms with E-state index in [2.05, 4.69) is 5.32 Å². The fourth-order valence-corrected chi connectivity index (χ4v) is 2.07. The molecule has 0 bridgehead atoms. The SMILES string of the molecule is NC(CO)c1ccc(C(=O)Nc2ccccc2N(N)C(=O)O)cc1. The number of carbonyl (C=O) groups excluding carboxylic acids is 1. The van der Waals surface area contributed by atoms with E-state index in [1.165, 1.54) is 6.07 Å². The third-order valence-corrected chi connectivity index (χ3v) is 3.42. The van der Waals surface area contributed by atoms with Gasteiger partial charge in [0.1, 0.15) is 0 Å². The van der Waals surface area contributed by atoms with Gasteiger partial charge < -0.3 is 21.3 Å². The number of hydrogen-bond acceptors (Lipinski definition) is 5. The molecule has 7 N–H and O–H groups in total. The molecule has 0 aliphatic heterocycles. The number of nitrogens with two attached hydrogens (primary N) is 2. The molecular formula is C16H18N4O4. The van der Waals surface area contributed by atoms with Crippen molar-refractivity contribution in [2.75, 3.05) is 16.9 Å². The maximum atomic E-state index is 12.3. The fraction of sp³-hybridized carbons (Fsp3) is 0.125. The molecule has 0 radical (unpaired) electrons. The van der Waals surface area contributed by atoms with Gasteiger partial charge >= 0.3 is 6.09 Å². The molecule has 2 aromatic carbocycles. The van der Waals surface area contributed by atoms with Gasteiger partial charge in [0, 0.05) is 5.56 Å². The predicted molar refractivity (Wildman–Crippen MR) is 89.5 cm³/mol. The number of para-hydroxylation sites is 2. The van der Waals surface area contributed by atoms with E-state index in [4.69, 9.17) is 21.8 Å². The Morgan fingerprint density at radius 1 is 1.12 bits per heavy atom. The van der Waals surface area contributed by atoms with Gasteiger partial charge in [-0.1, -0.05) is 24.3 Å². The molecule has 0 aliphatic rings. The van der Waals surface area contributed by atoms with E-state index in [1.54, 1.807) is 42.5 Å². The Hall–Kier alpha value is -2.94. The first-order chi connectivity index (χ1) is 11.4. The second kappa shape index (κ2) is 7.55. The number of carbonyl (C=O) groups is 2. The van der Waals surface area contributed by atoms with Crippen LogP contribution in [0.2, 0.25) is 0 Å². The summed E-state index contributed by atoms with van der Waals surface area (Å²) in [4.78, 5) is 23.3. The Kier molecular flexibility index (Phi) is 5.48. The average Bonchev–Trinajstić information content (AvgIpc) is 2.60. The van der Waals surface area contributed by atoms with Crippen molar-refractivity contribution in [2.45, 2.75) is 6.04 Å². The summed E-state index contributed by atoms with van der Waals surface area (Å²) in [6.07, 6.45) is -1.35. The molecule has 126 valence electrons. The molecule has 0 aromatic heterocycles. The quantitative estimate of drug-likeness (QED) is 0.318. The summed E-state index contributed by atoms with van der Waals surface area (Å²) in [7, 11) is 0. The van der Waals surface area contributed by atoms with Gasteiger partial charge in [0.25, 0.3) is 5.91 Å². The second-order valence-corrected chi connectivity index (χ2v) is 5.03. The number of nitrogens with zero attached hydrogens (tertiary/aromatic N) is 1. The number of hydrogen-bond donors (Lipinski definition) is 5.